The Morgan fingerprint density at radius 3 is 1.03 bits per heavy atom. The van der Waals surface area contributed by atoms with Gasteiger partial charge in [0, 0.05) is 0 Å². The summed E-state index contributed by atoms with van der Waals surface area (Å²) in [5, 5.41) is 28.5. The van der Waals surface area contributed by atoms with Crippen LogP contribution in [0.2, 0.25) is 0 Å². The fraction of sp³-hybridized carbons (Fsp3) is 0.880. The molecule has 6 nitrogen and oxygen atoms in total. The van der Waals surface area contributed by atoms with Crippen LogP contribution >= 0.6 is 0 Å². The van der Waals surface area contributed by atoms with E-state index in [-0.39, 0.29) is 0 Å². The Morgan fingerprint density at radius 2 is 0.710 bits per heavy atom. The molecule has 182 valence electrons. The first-order chi connectivity index (χ1) is 14.8. The van der Waals surface area contributed by atoms with Gasteiger partial charge in [0.2, 0.25) is 0 Å². The summed E-state index contributed by atoms with van der Waals surface area (Å²) < 4.78 is 0. The molecule has 0 heterocycles. The highest BCUT2D eigenvalue weighted by Crippen LogP contribution is 2.26. The van der Waals surface area contributed by atoms with Crippen LogP contribution in [0.4, 0.5) is 0 Å². The van der Waals surface area contributed by atoms with Crippen LogP contribution in [0.5, 0.6) is 0 Å². The molecule has 0 saturated heterocycles. The summed E-state index contributed by atoms with van der Waals surface area (Å²) in [5.41, 5.74) is 0. The van der Waals surface area contributed by atoms with E-state index in [0.717, 1.165) is 44.9 Å². The molecule has 0 spiro atoms. The summed E-state index contributed by atoms with van der Waals surface area (Å²) in [6.07, 6.45) is 14.3. The predicted octanol–water partition coefficient (Wildman–Crippen LogP) is 6.76. The quantitative estimate of drug-likeness (QED) is 0.160. The molecule has 0 aliphatic rings. The summed E-state index contributed by atoms with van der Waals surface area (Å²) in [6, 6.07) is 0. The third-order valence-electron chi connectivity index (χ3n) is 6.34. The van der Waals surface area contributed by atoms with Crippen LogP contribution in [0.1, 0.15) is 123 Å². The molecular weight excluding hydrogens is 396 g/mol. The Kier molecular flexibility index (Phi) is 18.1. The fourth-order valence-electron chi connectivity index (χ4n) is 4.14. The van der Waals surface area contributed by atoms with Crippen molar-refractivity contribution < 1.29 is 29.7 Å². The van der Waals surface area contributed by atoms with Crippen molar-refractivity contribution in [3.05, 3.63) is 0 Å². The Hall–Kier alpha value is -1.59. The molecule has 0 bridgehead atoms. The molecule has 0 aromatic carbocycles. The monoisotopic (exact) mass is 442 g/mol. The number of hydrogen-bond donors (Lipinski definition) is 3. The third kappa shape index (κ3) is 15.8. The molecular formula is C25H46O6. The summed E-state index contributed by atoms with van der Waals surface area (Å²) >= 11 is 0. The van der Waals surface area contributed by atoms with E-state index in [4.69, 9.17) is 0 Å². The number of unbranched alkanes of at least 4 members (excludes halogenated alkanes) is 9. The van der Waals surface area contributed by atoms with Crippen molar-refractivity contribution in [2.24, 2.45) is 17.8 Å². The molecule has 0 fully saturated rings. The van der Waals surface area contributed by atoms with E-state index in [1.54, 1.807) is 0 Å². The van der Waals surface area contributed by atoms with Crippen molar-refractivity contribution in [3.8, 4) is 0 Å². The van der Waals surface area contributed by atoms with Crippen molar-refractivity contribution in [1.29, 1.82) is 0 Å². The van der Waals surface area contributed by atoms with Crippen LogP contribution in [0, 0.1) is 17.8 Å². The molecule has 0 amide bonds. The van der Waals surface area contributed by atoms with Crippen LogP contribution in [-0.4, -0.2) is 33.2 Å². The van der Waals surface area contributed by atoms with Crippen molar-refractivity contribution in [2.75, 3.05) is 0 Å². The molecule has 0 aromatic rings. The average molecular weight is 443 g/mol. The molecule has 6 heteroatoms. The predicted molar refractivity (Wildman–Crippen MR) is 123 cm³/mol. The summed E-state index contributed by atoms with van der Waals surface area (Å²) in [7, 11) is 0. The normalized spacial score (nSPS) is 14.1. The lowest BCUT2D eigenvalue weighted by molar-refractivity contribution is -0.146. The Labute approximate surface area is 188 Å². The topological polar surface area (TPSA) is 112 Å². The number of carbonyl (C=O) groups is 3. The van der Waals surface area contributed by atoms with Crippen LogP contribution in [-0.2, 0) is 14.4 Å². The number of hydrogen-bond acceptors (Lipinski definition) is 3. The van der Waals surface area contributed by atoms with E-state index < -0.39 is 35.7 Å². The van der Waals surface area contributed by atoms with Gasteiger partial charge in [-0.25, -0.2) is 0 Å². The van der Waals surface area contributed by atoms with Crippen molar-refractivity contribution >= 4 is 17.9 Å². The highest BCUT2D eigenvalue weighted by molar-refractivity contribution is 5.72. The minimum absolute atomic E-state index is 0.295. The highest BCUT2D eigenvalue weighted by Gasteiger charge is 2.25. The molecule has 0 aliphatic heterocycles. The van der Waals surface area contributed by atoms with Gasteiger partial charge in [0.25, 0.3) is 0 Å². The third-order valence-corrected chi connectivity index (χ3v) is 6.34. The summed E-state index contributed by atoms with van der Waals surface area (Å²) in [5.74, 6) is -4.36. The maximum atomic E-state index is 11.7. The minimum Gasteiger partial charge on any atom is -0.481 e. The maximum Gasteiger partial charge on any atom is 0.306 e. The van der Waals surface area contributed by atoms with Gasteiger partial charge in [-0.2, -0.15) is 0 Å². The molecule has 3 atom stereocenters. The van der Waals surface area contributed by atoms with Gasteiger partial charge in [0.05, 0.1) is 17.8 Å². The van der Waals surface area contributed by atoms with E-state index >= 15 is 0 Å². The van der Waals surface area contributed by atoms with Gasteiger partial charge in [-0.05, 0) is 38.5 Å². The zero-order chi connectivity index (χ0) is 23.5. The minimum atomic E-state index is -0.949. The van der Waals surface area contributed by atoms with Gasteiger partial charge in [-0.15, -0.1) is 0 Å². The molecule has 3 N–H and O–H groups in total. The van der Waals surface area contributed by atoms with Gasteiger partial charge < -0.3 is 15.3 Å². The van der Waals surface area contributed by atoms with E-state index in [1.807, 2.05) is 0 Å². The van der Waals surface area contributed by atoms with Crippen molar-refractivity contribution in [1.82, 2.24) is 0 Å². The van der Waals surface area contributed by atoms with Crippen LogP contribution in [0.3, 0.4) is 0 Å². The van der Waals surface area contributed by atoms with Gasteiger partial charge in [-0.1, -0.05) is 84.5 Å². The molecule has 3 unspecified atom stereocenters. The van der Waals surface area contributed by atoms with E-state index in [2.05, 4.69) is 13.8 Å². The highest BCUT2D eigenvalue weighted by atomic mass is 16.4. The first-order valence-corrected chi connectivity index (χ1v) is 12.5. The second-order valence-electron chi connectivity index (χ2n) is 9.02. The van der Waals surface area contributed by atoms with E-state index in [0.29, 0.717) is 38.5 Å². The summed E-state index contributed by atoms with van der Waals surface area (Å²) in [4.78, 5) is 34.7. The Morgan fingerprint density at radius 1 is 0.452 bits per heavy atom. The lowest BCUT2D eigenvalue weighted by Gasteiger charge is -2.18. The van der Waals surface area contributed by atoms with Crippen molar-refractivity contribution in [3.63, 3.8) is 0 Å². The van der Waals surface area contributed by atoms with Crippen LogP contribution in [0.25, 0.3) is 0 Å². The molecule has 31 heavy (non-hydrogen) atoms. The molecule has 0 aliphatic carbocycles. The molecule has 0 rings (SSSR count). The first-order valence-electron chi connectivity index (χ1n) is 12.5. The smallest absolute Gasteiger partial charge is 0.306 e. The van der Waals surface area contributed by atoms with Crippen molar-refractivity contribution in [2.45, 2.75) is 123 Å². The lowest BCUT2D eigenvalue weighted by Crippen LogP contribution is -2.21. The Bertz CT molecular complexity index is 490. The number of rotatable bonds is 22. The fourth-order valence-corrected chi connectivity index (χ4v) is 4.14. The van der Waals surface area contributed by atoms with Gasteiger partial charge in [0.15, 0.2) is 0 Å². The number of aliphatic carboxylic acids is 3. The summed E-state index contributed by atoms with van der Waals surface area (Å²) in [6.45, 7) is 4.28. The number of carboxylic acid groups (broad SMARTS) is 3. The standard InChI is InChI=1S/C25H46O6/c1-3-5-7-9-10-11-13-15-21(24(28)29)17-19-22(25(30)31)18-16-20(23(26)27)14-12-8-6-4-2/h20-22H,3-19H2,1-2H3,(H,26,27)(H,28,29)(H,30,31). The SMILES string of the molecule is CCCCCCCCCC(CCC(CCC(CCCCCC)C(=O)O)C(=O)O)C(=O)O. The van der Waals surface area contributed by atoms with E-state index in [1.165, 1.54) is 25.7 Å². The largest absolute Gasteiger partial charge is 0.481 e. The maximum absolute atomic E-state index is 11.7. The van der Waals surface area contributed by atoms with Crippen LogP contribution < -0.4 is 0 Å². The van der Waals surface area contributed by atoms with Crippen LogP contribution in [0.15, 0.2) is 0 Å². The molecule has 0 aromatic heterocycles. The zero-order valence-corrected chi connectivity index (χ0v) is 19.8. The first kappa shape index (κ1) is 29.4. The van der Waals surface area contributed by atoms with Gasteiger partial charge in [-0.3, -0.25) is 14.4 Å². The Balaban J connectivity index is 4.42. The molecule has 0 saturated carbocycles. The second-order valence-corrected chi connectivity index (χ2v) is 9.02. The van der Waals surface area contributed by atoms with Gasteiger partial charge in [0.1, 0.15) is 0 Å². The van der Waals surface area contributed by atoms with Gasteiger partial charge >= 0.3 is 17.9 Å². The van der Waals surface area contributed by atoms with E-state index in [9.17, 15) is 29.7 Å². The average Bonchev–Trinajstić information content (AvgIpc) is 2.71. The zero-order valence-electron chi connectivity index (χ0n) is 19.8. The number of carboxylic acids is 3. The second kappa shape index (κ2) is 19.1. The molecule has 0 radical (unpaired) electrons. The lowest BCUT2D eigenvalue weighted by atomic mass is 9.86.